The average Bonchev–Trinajstić information content (AvgIpc) is 2.28. The number of nitrogens with two attached hydrogens (primary N) is 1. The molecule has 0 aliphatic rings. The molecule has 5 nitrogen and oxygen atoms in total. The zero-order valence-electron chi connectivity index (χ0n) is 12.6. The lowest BCUT2D eigenvalue weighted by atomic mass is 10.1. The lowest BCUT2D eigenvalue weighted by molar-refractivity contribution is 0.372. The van der Waals surface area contributed by atoms with E-state index >= 15 is 0 Å². The van der Waals surface area contributed by atoms with Crippen LogP contribution in [-0.4, -0.2) is 48.9 Å². The molecule has 1 aromatic heterocycles. The summed E-state index contributed by atoms with van der Waals surface area (Å²) in [6, 6.07) is 2.21. The van der Waals surface area contributed by atoms with E-state index in [4.69, 9.17) is 11.1 Å². The zero-order chi connectivity index (χ0) is 14.6. The van der Waals surface area contributed by atoms with Crippen molar-refractivity contribution in [2.24, 2.45) is 5.73 Å². The predicted octanol–water partition coefficient (Wildman–Crippen LogP) is 1.45. The maximum absolute atomic E-state index is 7.77. The van der Waals surface area contributed by atoms with Gasteiger partial charge in [-0.1, -0.05) is 0 Å². The standard InChI is InChI=1S/C14H25N5/c1-6-19(11(3)9-18(4)5)14-12(13(15)16)10(2)7-8-17-14/h7-8,11H,6,9H2,1-5H3,(H3,15,16). The van der Waals surface area contributed by atoms with E-state index in [0.29, 0.717) is 6.04 Å². The van der Waals surface area contributed by atoms with E-state index in [9.17, 15) is 0 Å². The number of aromatic nitrogens is 1. The summed E-state index contributed by atoms with van der Waals surface area (Å²) in [6.07, 6.45) is 1.78. The highest BCUT2D eigenvalue weighted by Gasteiger charge is 2.20. The number of hydrogen-bond acceptors (Lipinski definition) is 4. The minimum absolute atomic E-state index is 0.0797. The summed E-state index contributed by atoms with van der Waals surface area (Å²) in [5.41, 5.74) is 7.45. The zero-order valence-corrected chi connectivity index (χ0v) is 12.6. The summed E-state index contributed by atoms with van der Waals surface area (Å²) in [7, 11) is 4.11. The third-order valence-electron chi connectivity index (χ3n) is 3.18. The van der Waals surface area contributed by atoms with E-state index < -0.39 is 0 Å². The Morgan fingerprint density at radius 1 is 1.47 bits per heavy atom. The first-order valence-corrected chi connectivity index (χ1v) is 6.59. The highest BCUT2D eigenvalue weighted by molar-refractivity contribution is 6.01. The van der Waals surface area contributed by atoms with Crippen LogP contribution in [0.1, 0.15) is 25.0 Å². The first-order valence-electron chi connectivity index (χ1n) is 6.59. The maximum Gasteiger partial charge on any atom is 0.140 e. The van der Waals surface area contributed by atoms with E-state index in [1.165, 1.54) is 0 Å². The van der Waals surface area contributed by atoms with Gasteiger partial charge in [-0.15, -0.1) is 0 Å². The molecule has 0 spiro atoms. The van der Waals surface area contributed by atoms with Gasteiger partial charge >= 0.3 is 0 Å². The summed E-state index contributed by atoms with van der Waals surface area (Å²) in [4.78, 5) is 8.79. The molecule has 0 saturated heterocycles. The fourth-order valence-corrected chi connectivity index (χ4v) is 2.39. The average molecular weight is 263 g/mol. The van der Waals surface area contributed by atoms with Crippen molar-refractivity contribution in [1.82, 2.24) is 9.88 Å². The number of likely N-dealkylation sites (N-methyl/N-ethyl adjacent to an activating group) is 2. The number of hydrogen-bond donors (Lipinski definition) is 2. The van der Waals surface area contributed by atoms with Gasteiger partial charge in [-0.25, -0.2) is 4.98 Å². The van der Waals surface area contributed by atoms with Crippen molar-refractivity contribution < 1.29 is 0 Å². The van der Waals surface area contributed by atoms with Crippen LogP contribution in [-0.2, 0) is 0 Å². The summed E-state index contributed by atoms with van der Waals surface area (Å²) in [6.45, 7) is 8.00. The molecule has 3 N–H and O–H groups in total. The van der Waals surface area contributed by atoms with Crippen molar-refractivity contribution in [3.05, 3.63) is 23.4 Å². The molecule has 1 heterocycles. The fraction of sp³-hybridized carbons (Fsp3) is 0.571. The molecular formula is C14H25N5. The highest BCUT2D eigenvalue weighted by Crippen LogP contribution is 2.22. The van der Waals surface area contributed by atoms with Gasteiger partial charge in [-0.3, -0.25) is 5.41 Å². The lowest BCUT2D eigenvalue weighted by Crippen LogP contribution is -2.41. The molecule has 0 saturated carbocycles. The molecule has 106 valence electrons. The van der Waals surface area contributed by atoms with Crippen LogP contribution < -0.4 is 10.6 Å². The largest absolute Gasteiger partial charge is 0.384 e. The first-order chi connectivity index (χ1) is 8.88. The van der Waals surface area contributed by atoms with Crippen LogP contribution in [0.15, 0.2) is 12.3 Å². The number of rotatable bonds is 6. The lowest BCUT2D eigenvalue weighted by Gasteiger charge is -2.32. The van der Waals surface area contributed by atoms with Gasteiger partial charge < -0.3 is 15.5 Å². The van der Waals surface area contributed by atoms with Crippen molar-refractivity contribution >= 4 is 11.7 Å². The molecule has 1 atom stereocenters. The summed E-state index contributed by atoms with van der Waals surface area (Å²) >= 11 is 0. The third kappa shape index (κ3) is 3.67. The molecule has 0 aromatic carbocycles. The minimum Gasteiger partial charge on any atom is -0.384 e. The second-order valence-corrected chi connectivity index (χ2v) is 5.14. The highest BCUT2D eigenvalue weighted by atomic mass is 15.2. The van der Waals surface area contributed by atoms with Gasteiger partial charge in [0, 0.05) is 25.3 Å². The van der Waals surface area contributed by atoms with E-state index in [2.05, 4.69) is 42.7 Å². The van der Waals surface area contributed by atoms with Crippen molar-refractivity contribution in [2.75, 3.05) is 32.1 Å². The van der Waals surface area contributed by atoms with Gasteiger partial charge in [0.2, 0.25) is 0 Å². The van der Waals surface area contributed by atoms with Crippen LogP contribution in [0.25, 0.3) is 0 Å². The molecule has 0 bridgehead atoms. The Labute approximate surface area is 115 Å². The van der Waals surface area contributed by atoms with Crippen molar-refractivity contribution in [3.63, 3.8) is 0 Å². The van der Waals surface area contributed by atoms with Crippen LogP contribution in [0.3, 0.4) is 0 Å². The smallest absolute Gasteiger partial charge is 0.140 e. The van der Waals surface area contributed by atoms with Gasteiger partial charge in [-0.2, -0.15) is 0 Å². The van der Waals surface area contributed by atoms with Crippen molar-refractivity contribution in [3.8, 4) is 0 Å². The van der Waals surface area contributed by atoms with Gasteiger partial charge in [0.05, 0.1) is 5.56 Å². The van der Waals surface area contributed by atoms with Crippen LogP contribution >= 0.6 is 0 Å². The molecule has 0 fully saturated rings. The second kappa shape index (κ2) is 6.52. The Balaban J connectivity index is 3.18. The molecule has 0 aliphatic carbocycles. The van der Waals surface area contributed by atoms with Crippen molar-refractivity contribution in [1.29, 1.82) is 5.41 Å². The van der Waals surface area contributed by atoms with E-state index in [1.54, 1.807) is 6.20 Å². The van der Waals surface area contributed by atoms with Crippen LogP contribution in [0.5, 0.6) is 0 Å². The second-order valence-electron chi connectivity index (χ2n) is 5.14. The number of aryl methyl sites for hydroxylation is 1. The van der Waals surface area contributed by atoms with E-state index in [1.807, 2.05) is 13.0 Å². The summed E-state index contributed by atoms with van der Waals surface area (Å²) < 4.78 is 0. The van der Waals surface area contributed by atoms with Crippen molar-refractivity contribution in [2.45, 2.75) is 26.8 Å². The molecular weight excluding hydrogens is 238 g/mol. The topological polar surface area (TPSA) is 69.2 Å². The van der Waals surface area contributed by atoms with Gasteiger partial charge in [0.25, 0.3) is 0 Å². The van der Waals surface area contributed by atoms with Crippen LogP contribution in [0, 0.1) is 12.3 Å². The number of anilines is 1. The Kier molecular flexibility index (Phi) is 5.30. The van der Waals surface area contributed by atoms with E-state index in [0.717, 1.165) is 30.0 Å². The number of nitrogen functional groups attached to an aromatic ring is 1. The number of nitrogens with one attached hydrogen (secondary N) is 1. The Hall–Kier alpha value is -1.62. The van der Waals surface area contributed by atoms with E-state index in [-0.39, 0.29) is 5.84 Å². The minimum atomic E-state index is 0.0797. The molecule has 0 radical (unpaired) electrons. The summed E-state index contributed by atoms with van der Waals surface area (Å²) in [5, 5.41) is 7.77. The third-order valence-corrected chi connectivity index (χ3v) is 3.18. The molecule has 1 rings (SSSR count). The fourth-order valence-electron chi connectivity index (χ4n) is 2.39. The maximum atomic E-state index is 7.77. The Morgan fingerprint density at radius 3 is 2.58 bits per heavy atom. The van der Waals surface area contributed by atoms with Gasteiger partial charge in [0.1, 0.15) is 11.7 Å². The quantitative estimate of drug-likeness (QED) is 0.602. The predicted molar refractivity (Wildman–Crippen MR) is 81.0 cm³/mol. The normalized spacial score (nSPS) is 12.5. The Bertz CT molecular complexity index is 441. The number of nitrogens with zero attached hydrogens (tertiary/aromatic N) is 3. The summed E-state index contributed by atoms with van der Waals surface area (Å²) in [5.74, 6) is 0.889. The molecule has 5 heteroatoms. The molecule has 0 amide bonds. The molecule has 1 unspecified atom stereocenters. The van der Waals surface area contributed by atoms with Crippen LogP contribution in [0.2, 0.25) is 0 Å². The molecule has 1 aromatic rings. The monoisotopic (exact) mass is 263 g/mol. The molecule has 19 heavy (non-hydrogen) atoms. The SMILES string of the molecule is CCN(c1nccc(C)c1C(=N)N)C(C)CN(C)C. The number of amidine groups is 1. The number of pyridine rings is 1. The Morgan fingerprint density at radius 2 is 2.11 bits per heavy atom. The van der Waals surface area contributed by atoms with Gasteiger partial charge in [0.15, 0.2) is 0 Å². The van der Waals surface area contributed by atoms with Gasteiger partial charge in [-0.05, 0) is 46.5 Å². The van der Waals surface area contributed by atoms with Crippen LogP contribution in [0.4, 0.5) is 5.82 Å². The molecule has 0 aliphatic heterocycles. The first kappa shape index (κ1) is 15.4.